The van der Waals surface area contributed by atoms with E-state index in [0.717, 1.165) is 42.3 Å². The van der Waals surface area contributed by atoms with Gasteiger partial charge in [0.15, 0.2) is 34.5 Å². The first-order valence-corrected chi connectivity index (χ1v) is 15.3. The molecule has 0 amide bonds. The van der Waals surface area contributed by atoms with Gasteiger partial charge in [0.1, 0.15) is 0 Å². The molecule has 3 aromatic carbocycles. The highest BCUT2D eigenvalue weighted by Crippen LogP contribution is 2.45. The molecule has 0 heterocycles. The van der Waals surface area contributed by atoms with Gasteiger partial charge in [-0.25, -0.2) is 0 Å². The standard InChI is InChI=1S/C28H30Br4O6/c1-33-21-9-15(7-19-17(13-29)11-23(35-3)27(37-5)25(19)31)16(10-22(21)34-2)8-20-18(14-30)12-24(36-4)28(38-6)26(20)32/h9-12H,7-8,13-14H2,1-6H3. The van der Waals surface area contributed by atoms with Crippen LogP contribution in [0.25, 0.3) is 0 Å². The largest absolute Gasteiger partial charge is 0.493 e. The van der Waals surface area contributed by atoms with Crippen LogP contribution in [0.15, 0.2) is 33.2 Å². The van der Waals surface area contributed by atoms with Gasteiger partial charge in [0, 0.05) is 10.7 Å². The van der Waals surface area contributed by atoms with Crippen LogP contribution in [0.5, 0.6) is 34.5 Å². The average molecular weight is 782 g/mol. The van der Waals surface area contributed by atoms with Crippen molar-refractivity contribution < 1.29 is 28.4 Å². The topological polar surface area (TPSA) is 55.4 Å². The molecule has 10 heteroatoms. The molecular formula is C28H30Br4O6. The second-order valence-electron chi connectivity index (χ2n) is 8.22. The van der Waals surface area contributed by atoms with E-state index in [1.165, 1.54) is 0 Å². The van der Waals surface area contributed by atoms with E-state index in [9.17, 15) is 0 Å². The maximum Gasteiger partial charge on any atom is 0.175 e. The van der Waals surface area contributed by atoms with E-state index in [1.807, 2.05) is 24.3 Å². The molecule has 38 heavy (non-hydrogen) atoms. The van der Waals surface area contributed by atoms with Crippen LogP contribution >= 0.6 is 63.7 Å². The molecule has 0 aromatic heterocycles. The average Bonchev–Trinajstić information content (AvgIpc) is 2.94. The lowest BCUT2D eigenvalue weighted by Gasteiger charge is -2.21. The molecule has 206 valence electrons. The van der Waals surface area contributed by atoms with Crippen LogP contribution < -0.4 is 28.4 Å². The number of hydrogen-bond donors (Lipinski definition) is 0. The second kappa shape index (κ2) is 14.1. The van der Waals surface area contributed by atoms with Crippen molar-refractivity contribution in [1.82, 2.24) is 0 Å². The molecule has 0 N–H and O–H groups in total. The summed E-state index contributed by atoms with van der Waals surface area (Å²) < 4.78 is 35.6. The lowest BCUT2D eigenvalue weighted by atomic mass is 9.91. The normalized spacial score (nSPS) is 10.8. The maximum absolute atomic E-state index is 5.68. The Morgan fingerprint density at radius 3 is 1.05 bits per heavy atom. The molecule has 0 saturated carbocycles. The van der Waals surface area contributed by atoms with Crippen LogP contribution in [0, 0.1) is 0 Å². The van der Waals surface area contributed by atoms with Gasteiger partial charge in [-0.05, 0) is 102 Å². The highest BCUT2D eigenvalue weighted by atomic mass is 79.9. The first-order chi connectivity index (χ1) is 18.3. The molecule has 0 radical (unpaired) electrons. The van der Waals surface area contributed by atoms with Crippen molar-refractivity contribution in [2.24, 2.45) is 0 Å². The lowest BCUT2D eigenvalue weighted by molar-refractivity contribution is 0.352. The Bertz CT molecular complexity index is 1200. The highest BCUT2D eigenvalue weighted by molar-refractivity contribution is 9.11. The fourth-order valence-electron chi connectivity index (χ4n) is 4.37. The number of rotatable bonds is 12. The quantitative estimate of drug-likeness (QED) is 0.173. The van der Waals surface area contributed by atoms with Crippen molar-refractivity contribution in [2.45, 2.75) is 23.5 Å². The number of hydrogen-bond acceptors (Lipinski definition) is 6. The summed E-state index contributed by atoms with van der Waals surface area (Å²) in [6, 6.07) is 8.08. The minimum atomic E-state index is 0.617. The smallest absolute Gasteiger partial charge is 0.175 e. The Kier molecular flexibility index (Phi) is 11.5. The van der Waals surface area contributed by atoms with Crippen molar-refractivity contribution >= 4 is 63.7 Å². The Morgan fingerprint density at radius 1 is 0.474 bits per heavy atom. The van der Waals surface area contributed by atoms with Crippen LogP contribution in [-0.4, -0.2) is 42.7 Å². The summed E-state index contributed by atoms with van der Waals surface area (Å²) in [6.07, 6.45) is 1.23. The third kappa shape index (κ3) is 6.24. The number of alkyl halides is 2. The summed E-state index contributed by atoms with van der Waals surface area (Å²) in [7, 11) is 9.83. The zero-order valence-corrected chi connectivity index (χ0v) is 28.4. The van der Waals surface area contributed by atoms with Crippen LogP contribution in [0.3, 0.4) is 0 Å². The van der Waals surface area contributed by atoms with Gasteiger partial charge >= 0.3 is 0 Å². The van der Waals surface area contributed by atoms with Gasteiger partial charge in [0.25, 0.3) is 0 Å². The van der Waals surface area contributed by atoms with Crippen LogP contribution in [0.2, 0.25) is 0 Å². The van der Waals surface area contributed by atoms with Crippen molar-refractivity contribution in [3.05, 3.63) is 66.6 Å². The highest BCUT2D eigenvalue weighted by Gasteiger charge is 2.23. The molecule has 3 aromatic rings. The van der Waals surface area contributed by atoms with Crippen molar-refractivity contribution in [3.8, 4) is 34.5 Å². The number of methoxy groups -OCH3 is 6. The predicted molar refractivity (Wildman–Crippen MR) is 165 cm³/mol. The SMILES string of the molecule is COc1cc(Cc2c(CBr)cc(OC)c(OC)c2Br)c(Cc2c(CBr)cc(OC)c(OC)c2Br)cc1OC. The first kappa shape index (κ1) is 30.9. The summed E-state index contributed by atoms with van der Waals surface area (Å²) in [4.78, 5) is 0. The maximum atomic E-state index is 5.68. The van der Waals surface area contributed by atoms with E-state index in [1.54, 1.807) is 42.7 Å². The van der Waals surface area contributed by atoms with E-state index >= 15 is 0 Å². The molecule has 3 rings (SSSR count). The van der Waals surface area contributed by atoms with E-state index in [-0.39, 0.29) is 0 Å². The van der Waals surface area contributed by atoms with Gasteiger partial charge in [-0.15, -0.1) is 0 Å². The lowest BCUT2D eigenvalue weighted by Crippen LogP contribution is -2.06. The summed E-state index contributed by atoms with van der Waals surface area (Å²) in [5.41, 5.74) is 6.51. The van der Waals surface area contributed by atoms with Crippen molar-refractivity contribution in [2.75, 3.05) is 42.7 Å². The van der Waals surface area contributed by atoms with E-state index in [0.29, 0.717) is 58.0 Å². The molecule has 6 nitrogen and oxygen atoms in total. The molecule has 0 fully saturated rings. The molecule has 0 aliphatic rings. The number of ether oxygens (including phenoxy) is 6. The molecule has 0 saturated heterocycles. The zero-order chi connectivity index (χ0) is 28.0. The molecule has 0 aliphatic heterocycles. The van der Waals surface area contributed by atoms with Crippen LogP contribution in [-0.2, 0) is 23.5 Å². The van der Waals surface area contributed by atoms with E-state index < -0.39 is 0 Å². The van der Waals surface area contributed by atoms with Gasteiger partial charge in [0.2, 0.25) is 0 Å². The summed E-state index contributed by atoms with van der Waals surface area (Å²) >= 11 is 14.9. The predicted octanol–water partition coefficient (Wildman–Crippen LogP) is 8.23. The van der Waals surface area contributed by atoms with Gasteiger partial charge < -0.3 is 28.4 Å². The molecule has 0 bridgehead atoms. The fraction of sp³-hybridized carbons (Fsp3) is 0.357. The third-order valence-corrected chi connectivity index (χ3v) is 9.22. The Labute approximate surface area is 257 Å². The summed E-state index contributed by atoms with van der Waals surface area (Å²) in [6.45, 7) is 0. The summed E-state index contributed by atoms with van der Waals surface area (Å²) in [5.74, 6) is 3.96. The van der Waals surface area contributed by atoms with Gasteiger partial charge in [-0.3, -0.25) is 0 Å². The van der Waals surface area contributed by atoms with Crippen molar-refractivity contribution in [3.63, 3.8) is 0 Å². The van der Waals surface area contributed by atoms with Crippen LogP contribution in [0.4, 0.5) is 0 Å². The molecular weight excluding hydrogens is 752 g/mol. The monoisotopic (exact) mass is 778 g/mol. The molecule has 0 unspecified atom stereocenters. The Balaban J connectivity index is 2.24. The van der Waals surface area contributed by atoms with Gasteiger partial charge in [0.05, 0.1) is 51.6 Å². The molecule has 0 aliphatic carbocycles. The molecule has 0 atom stereocenters. The Morgan fingerprint density at radius 2 is 0.789 bits per heavy atom. The van der Waals surface area contributed by atoms with E-state index in [2.05, 4.69) is 63.7 Å². The number of benzene rings is 3. The summed E-state index contributed by atoms with van der Waals surface area (Å²) in [5, 5.41) is 1.30. The third-order valence-electron chi connectivity index (χ3n) is 6.34. The van der Waals surface area contributed by atoms with Gasteiger partial charge in [-0.2, -0.15) is 0 Å². The van der Waals surface area contributed by atoms with Gasteiger partial charge in [-0.1, -0.05) is 31.9 Å². The fourth-order valence-corrected chi connectivity index (χ4v) is 6.88. The minimum absolute atomic E-state index is 0.617. The van der Waals surface area contributed by atoms with Crippen LogP contribution in [0.1, 0.15) is 33.4 Å². The minimum Gasteiger partial charge on any atom is -0.493 e. The van der Waals surface area contributed by atoms with E-state index in [4.69, 9.17) is 28.4 Å². The molecule has 0 spiro atoms. The van der Waals surface area contributed by atoms with Crippen molar-refractivity contribution in [1.29, 1.82) is 0 Å². The number of halogens is 4. The first-order valence-electron chi connectivity index (χ1n) is 11.5. The second-order valence-corrected chi connectivity index (χ2v) is 10.9. The Hall–Kier alpha value is -1.62. The zero-order valence-electron chi connectivity index (χ0n) is 22.1.